The van der Waals surface area contributed by atoms with Crippen LogP contribution in [0.25, 0.3) is 0 Å². The van der Waals surface area contributed by atoms with E-state index in [2.05, 4.69) is 52.1 Å². The molecule has 0 spiro atoms. The van der Waals surface area contributed by atoms with Gasteiger partial charge in [-0.1, -0.05) is 37.3 Å². The lowest BCUT2D eigenvalue weighted by atomic mass is 10.1. The van der Waals surface area contributed by atoms with Gasteiger partial charge in [-0.15, -0.1) is 0 Å². The van der Waals surface area contributed by atoms with E-state index in [1.54, 1.807) is 12.3 Å². The van der Waals surface area contributed by atoms with Crippen LogP contribution in [0.5, 0.6) is 0 Å². The first-order chi connectivity index (χ1) is 14.2. The molecule has 0 saturated carbocycles. The third-order valence-corrected chi connectivity index (χ3v) is 5.41. The molecule has 6 heteroatoms. The number of benzene rings is 2. The number of nitrogens with one attached hydrogen (secondary N) is 1. The van der Waals surface area contributed by atoms with E-state index < -0.39 is 0 Å². The summed E-state index contributed by atoms with van der Waals surface area (Å²) in [6, 6.07) is 15.2. The predicted molar refractivity (Wildman–Crippen MR) is 117 cm³/mol. The van der Waals surface area contributed by atoms with Crippen molar-refractivity contribution in [3.8, 4) is 0 Å². The van der Waals surface area contributed by atoms with Gasteiger partial charge in [0.2, 0.25) is 5.95 Å². The van der Waals surface area contributed by atoms with Crippen molar-refractivity contribution in [1.29, 1.82) is 0 Å². The minimum Gasteiger partial charge on any atom is -0.366 e. The van der Waals surface area contributed by atoms with Gasteiger partial charge in [0.1, 0.15) is 11.6 Å². The normalized spacial score (nSPS) is 14.2. The molecular weight excluding hydrogens is 365 g/mol. The van der Waals surface area contributed by atoms with E-state index in [-0.39, 0.29) is 5.82 Å². The number of para-hydroxylation sites is 2. The van der Waals surface area contributed by atoms with Gasteiger partial charge >= 0.3 is 0 Å². The molecule has 1 aromatic heterocycles. The summed E-state index contributed by atoms with van der Waals surface area (Å²) in [4.78, 5) is 13.5. The van der Waals surface area contributed by atoms with E-state index in [1.165, 1.54) is 17.2 Å². The molecule has 150 valence electrons. The third-order valence-electron chi connectivity index (χ3n) is 5.41. The fraction of sp³-hybridized carbons (Fsp3) is 0.304. The van der Waals surface area contributed by atoms with Crippen LogP contribution in [0.1, 0.15) is 18.1 Å². The summed E-state index contributed by atoms with van der Waals surface area (Å²) < 4.78 is 14.1. The fourth-order valence-electron chi connectivity index (χ4n) is 3.78. The molecule has 1 saturated heterocycles. The van der Waals surface area contributed by atoms with Crippen molar-refractivity contribution in [2.75, 3.05) is 41.3 Å². The van der Waals surface area contributed by atoms with Crippen LogP contribution in [-0.4, -0.2) is 36.1 Å². The highest BCUT2D eigenvalue weighted by Gasteiger charge is 2.20. The molecule has 2 aromatic carbocycles. The monoisotopic (exact) mass is 391 g/mol. The zero-order valence-electron chi connectivity index (χ0n) is 16.9. The van der Waals surface area contributed by atoms with E-state index in [1.807, 2.05) is 18.2 Å². The molecule has 0 unspecified atom stereocenters. The standard InChI is InChI=1S/C23H26FN5/c1-3-18-8-6-7-17(2)22(18)27-23-25-12-11-21(26-23)29-15-13-28(14-16-29)20-10-5-4-9-19(20)24/h4-12H,3,13-16H2,1-2H3,(H,25,26,27). The number of aryl methyl sites for hydroxylation is 2. The summed E-state index contributed by atoms with van der Waals surface area (Å²) in [5.74, 6) is 1.32. The molecule has 5 nitrogen and oxygen atoms in total. The van der Waals surface area contributed by atoms with Crippen LogP contribution in [-0.2, 0) is 6.42 Å². The van der Waals surface area contributed by atoms with Crippen molar-refractivity contribution >= 4 is 23.1 Å². The second-order valence-corrected chi connectivity index (χ2v) is 7.25. The minimum absolute atomic E-state index is 0.167. The van der Waals surface area contributed by atoms with E-state index in [0.717, 1.165) is 44.1 Å². The quantitative estimate of drug-likeness (QED) is 0.691. The third kappa shape index (κ3) is 4.16. The Hall–Kier alpha value is -3.15. The first-order valence-corrected chi connectivity index (χ1v) is 10.1. The molecule has 0 atom stereocenters. The molecule has 1 aliphatic heterocycles. The first kappa shape index (κ1) is 19.2. The Kier molecular flexibility index (Phi) is 5.60. The number of hydrogen-bond donors (Lipinski definition) is 1. The summed E-state index contributed by atoms with van der Waals surface area (Å²) >= 11 is 0. The molecule has 1 fully saturated rings. The summed E-state index contributed by atoms with van der Waals surface area (Å²) in [6.07, 6.45) is 2.74. The zero-order valence-corrected chi connectivity index (χ0v) is 16.9. The molecule has 1 aliphatic rings. The number of aromatic nitrogens is 2. The fourth-order valence-corrected chi connectivity index (χ4v) is 3.78. The van der Waals surface area contributed by atoms with Crippen molar-refractivity contribution in [3.05, 3.63) is 71.7 Å². The molecule has 1 N–H and O–H groups in total. The van der Waals surface area contributed by atoms with Crippen LogP contribution < -0.4 is 15.1 Å². The van der Waals surface area contributed by atoms with Crippen LogP contribution in [0.4, 0.5) is 27.5 Å². The van der Waals surface area contributed by atoms with Gasteiger partial charge in [0, 0.05) is 38.1 Å². The molecule has 29 heavy (non-hydrogen) atoms. The van der Waals surface area contributed by atoms with E-state index in [9.17, 15) is 4.39 Å². The van der Waals surface area contributed by atoms with Crippen molar-refractivity contribution in [1.82, 2.24) is 9.97 Å². The Morgan fingerprint density at radius 2 is 1.72 bits per heavy atom. The van der Waals surface area contributed by atoms with Gasteiger partial charge in [0.25, 0.3) is 0 Å². The molecule has 0 bridgehead atoms. The summed E-state index contributed by atoms with van der Waals surface area (Å²) in [6.45, 7) is 7.32. The molecule has 2 heterocycles. The number of halogens is 1. The van der Waals surface area contributed by atoms with E-state index in [4.69, 9.17) is 4.98 Å². The molecule has 0 amide bonds. The maximum Gasteiger partial charge on any atom is 0.229 e. The van der Waals surface area contributed by atoms with Gasteiger partial charge in [0.05, 0.1) is 5.69 Å². The van der Waals surface area contributed by atoms with Crippen LogP contribution in [0.3, 0.4) is 0 Å². The Morgan fingerprint density at radius 3 is 2.48 bits per heavy atom. The first-order valence-electron chi connectivity index (χ1n) is 10.1. The number of anilines is 4. The number of hydrogen-bond acceptors (Lipinski definition) is 5. The largest absolute Gasteiger partial charge is 0.366 e. The van der Waals surface area contributed by atoms with Gasteiger partial charge < -0.3 is 15.1 Å². The molecule has 0 aliphatic carbocycles. The predicted octanol–water partition coefficient (Wildman–Crippen LogP) is 4.56. The van der Waals surface area contributed by atoms with Gasteiger partial charge in [-0.05, 0) is 42.7 Å². The highest BCUT2D eigenvalue weighted by Crippen LogP contribution is 2.26. The zero-order chi connectivity index (χ0) is 20.2. The SMILES string of the molecule is CCc1cccc(C)c1Nc1nccc(N2CCN(c3ccccc3F)CC2)n1. The van der Waals surface area contributed by atoms with E-state index in [0.29, 0.717) is 11.6 Å². The second-order valence-electron chi connectivity index (χ2n) is 7.25. The van der Waals surface area contributed by atoms with Crippen LogP contribution in [0.2, 0.25) is 0 Å². The second kappa shape index (κ2) is 8.47. The van der Waals surface area contributed by atoms with Crippen LogP contribution >= 0.6 is 0 Å². The minimum atomic E-state index is -0.167. The van der Waals surface area contributed by atoms with Gasteiger partial charge in [-0.2, -0.15) is 4.98 Å². The van der Waals surface area contributed by atoms with Gasteiger partial charge in [-0.25, -0.2) is 9.37 Å². The molecular formula is C23H26FN5. The van der Waals surface area contributed by atoms with E-state index >= 15 is 0 Å². The van der Waals surface area contributed by atoms with Crippen molar-refractivity contribution < 1.29 is 4.39 Å². The Balaban J connectivity index is 1.47. The maximum atomic E-state index is 14.1. The maximum absolute atomic E-state index is 14.1. The average Bonchev–Trinajstić information content (AvgIpc) is 2.76. The summed E-state index contributed by atoms with van der Waals surface area (Å²) in [7, 11) is 0. The summed E-state index contributed by atoms with van der Waals surface area (Å²) in [5, 5.41) is 3.40. The Labute approximate surface area is 171 Å². The average molecular weight is 391 g/mol. The topological polar surface area (TPSA) is 44.3 Å². The highest BCUT2D eigenvalue weighted by atomic mass is 19.1. The number of rotatable bonds is 5. The van der Waals surface area contributed by atoms with Gasteiger partial charge in [0.15, 0.2) is 0 Å². The Bertz CT molecular complexity index is 983. The van der Waals surface area contributed by atoms with Crippen LogP contribution in [0, 0.1) is 12.7 Å². The van der Waals surface area contributed by atoms with Crippen LogP contribution in [0.15, 0.2) is 54.7 Å². The summed E-state index contributed by atoms with van der Waals surface area (Å²) in [5.41, 5.74) is 4.18. The lowest BCUT2D eigenvalue weighted by Gasteiger charge is -2.36. The van der Waals surface area contributed by atoms with Crippen molar-refractivity contribution in [2.45, 2.75) is 20.3 Å². The number of nitrogens with zero attached hydrogens (tertiary/aromatic N) is 4. The smallest absolute Gasteiger partial charge is 0.229 e. The van der Waals surface area contributed by atoms with Crippen molar-refractivity contribution in [3.63, 3.8) is 0 Å². The lowest BCUT2D eigenvalue weighted by Crippen LogP contribution is -2.47. The molecule has 4 rings (SSSR count). The highest BCUT2D eigenvalue weighted by molar-refractivity contribution is 5.64. The Morgan fingerprint density at radius 1 is 0.966 bits per heavy atom. The van der Waals surface area contributed by atoms with Crippen molar-refractivity contribution in [2.24, 2.45) is 0 Å². The molecule has 0 radical (unpaired) electrons. The number of piperazine rings is 1. The molecule has 3 aromatic rings. The van der Waals surface area contributed by atoms with Gasteiger partial charge in [-0.3, -0.25) is 0 Å². The lowest BCUT2D eigenvalue weighted by molar-refractivity contribution is 0.596.